The Labute approximate surface area is 530 Å². The van der Waals surface area contributed by atoms with Gasteiger partial charge in [-0.15, -0.1) is 0 Å². The molecule has 482 valence electrons. The lowest BCUT2D eigenvalue weighted by atomic mass is 10.0. The SMILES string of the molecule is CC/C=C\C/C=C\C/C=C\C/C=C\C/C=C\C/C=C\C/C=C\C/C=C\C/C=C\C/C=C\CCCCC(=O)OC(CO)COC(=O)CCCCCCCCCCCCCCCCCCCCCC/C=C\C/C=C\C/C=C\C/C=C\C/C=C\C/C=C\CC. The van der Waals surface area contributed by atoms with Gasteiger partial charge >= 0.3 is 11.9 Å². The predicted octanol–water partition coefficient (Wildman–Crippen LogP) is 24.8. The first-order valence-corrected chi connectivity index (χ1v) is 35.0. The molecular weight excluding hydrogens is 1050 g/mol. The lowest BCUT2D eigenvalue weighted by Gasteiger charge is -2.15. The van der Waals surface area contributed by atoms with Crippen LogP contribution in [0.15, 0.2) is 194 Å². The maximum absolute atomic E-state index is 12.3. The second-order valence-corrected chi connectivity index (χ2v) is 22.5. The number of carbonyl (C=O) groups is 2. The van der Waals surface area contributed by atoms with E-state index in [1.54, 1.807) is 0 Å². The minimum atomic E-state index is -0.810. The minimum Gasteiger partial charge on any atom is -0.462 e. The van der Waals surface area contributed by atoms with E-state index in [-0.39, 0.29) is 31.6 Å². The number of carbonyl (C=O) groups excluding carboxylic acids is 2. The van der Waals surface area contributed by atoms with E-state index in [2.05, 4.69) is 208 Å². The standard InChI is InChI=1S/C81H128O5/c1-3-5-7-9-11-13-15-17-19-21-23-25-27-29-31-33-35-37-38-39-40-41-42-44-45-47-49-51-53-55-57-59-61-63-65-67-69-71-73-75-80(83)85-78-79(77-82)86-81(84)76-74-72-70-68-66-64-62-60-58-56-54-52-50-48-46-43-36-34-32-30-28-26-24-22-20-18-16-14-12-10-8-6-4-2/h5-8,11-14,17-20,23-26,29-32,35-37,43,48,50,54,56,60,62,66,68,79,82H,3-4,9-10,15-16,21-22,27-28,33-34,38-42,44-47,49,51-53,55,57-59,61,63-65,67,69-78H2,1-2H3/b7-5-,8-6-,13-11-,14-12-,19-17-,20-18-,25-23-,26-24-,31-29-,32-30-,37-35-,43-36-,50-48-,56-54-,62-60-,68-66-. The summed E-state index contributed by atoms with van der Waals surface area (Å²) in [6.07, 6.45) is 117. The van der Waals surface area contributed by atoms with Crippen molar-refractivity contribution in [2.24, 2.45) is 0 Å². The van der Waals surface area contributed by atoms with Crippen molar-refractivity contribution in [1.82, 2.24) is 0 Å². The van der Waals surface area contributed by atoms with Crippen LogP contribution in [0.4, 0.5) is 0 Å². The van der Waals surface area contributed by atoms with Crippen LogP contribution in [0.3, 0.4) is 0 Å². The highest BCUT2D eigenvalue weighted by Gasteiger charge is 2.16. The number of hydrogen-bond acceptors (Lipinski definition) is 5. The van der Waals surface area contributed by atoms with Gasteiger partial charge in [0.15, 0.2) is 6.10 Å². The second kappa shape index (κ2) is 74.0. The zero-order valence-corrected chi connectivity index (χ0v) is 55.2. The number of hydrogen-bond donors (Lipinski definition) is 1. The van der Waals surface area contributed by atoms with Crippen molar-refractivity contribution in [1.29, 1.82) is 0 Å². The van der Waals surface area contributed by atoms with Gasteiger partial charge in [-0.3, -0.25) is 9.59 Å². The van der Waals surface area contributed by atoms with E-state index in [1.807, 2.05) is 0 Å². The number of esters is 2. The van der Waals surface area contributed by atoms with Crippen molar-refractivity contribution in [3.63, 3.8) is 0 Å². The summed E-state index contributed by atoms with van der Waals surface area (Å²) in [5.74, 6) is -0.647. The van der Waals surface area contributed by atoms with Gasteiger partial charge in [-0.25, -0.2) is 0 Å². The van der Waals surface area contributed by atoms with Crippen molar-refractivity contribution < 1.29 is 24.2 Å². The summed E-state index contributed by atoms with van der Waals surface area (Å²) < 4.78 is 10.7. The van der Waals surface area contributed by atoms with E-state index < -0.39 is 6.10 Å². The van der Waals surface area contributed by atoms with Crippen LogP contribution in [0.5, 0.6) is 0 Å². The number of aliphatic hydroxyl groups excluding tert-OH is 1. The molecule has 1 unspecified atom stereocenters. The molecular formula is C81H128O5. The van der Waals surface area contributed by atoms with E-state index >= 15 is 0 Å². The summed E-state index contributed by atoms with van der Waals surface area (Å²) in [7, 11) is 0. The predicted molar refractivity (Wildman–Crippen MR) is 379 cm³/mol. The van der Waals surface area contributed by atoms with Crippen molar-refractivity contribution in [3.05, 3.63) is 194 Å². The van der Waals surface area contributed by atoms with Crippen molar-refractivity contribution in [3.8, 4) is 0 Å². The average molecular weight is 1180 g/mol. The third-order valence-electron chi connectivity index (χ3n) is 14.4. The number of rotatable bonds is 62. The number of ether oxygens (including phenoxy) is 2. The Hall–Kier alpha value is -5.26. The Morgan fingerprint density at radius 1 is 0.267 bits per heavy atom. The summed E-state index contributed by atoms with van der Waals surface area (Å²) in [5.41, 5.74) is 0. The summed E-state index contributed by atoms with van der Waals surface area (Å²) >= 11 is 0. The van der Waals surface area contributed by atoms with Gasteiger partial charge in [-0.2, -0.15) is 0 Å². The number of aliphatic hydroxyl groups is 1. The molecule has 0 aromatic rings. The third-order valence-corrected chi connectivity index (χ3v) is 14.4. The molecule has 0 saturated heterocycles. The molecule has 5 heteroatoms. The normalized spacial score (nSPS) is 13.5. The largest absolute Gasteiger partial charge is 0.462 e. The van der Waals surface area contributed by atoms with Crippen LogP contribution in [0, 0.1) is 0 Å². The smallest absolute Gasteiger partial charge is 0.306 e. The van der Waals surface area contributed by atoms with Crippen molar-refractivity contribution in [2.75, 3.05) is 13.2 Å². The topological polar surface area (TPSA) is 72.8 Å². The summed E-state index contributed by atoms with van der Waals surface area (Å²) in [4.78, 5) is 24.6. The van der Waals surface area contributed by atoms with Gasteiger partial charge in [0.25, 0.3) is 0 Å². The summed E-state index contributed by atoms with van der Waals surface area (Å²) in [5, 5.41) is 9.69. The Morgan fingerprint density at radius 3 is 0.721 bits per heavy atom. The van der Waals surface area contributed by atoms with Gasteiger partial charge in [0.1, 0.15) is 6.61 Å². The molecule has 0 amide bonds. The van der Waals surface area contributed by atoms with E-state index in [9.17, 15) is 14.7 Å². The Balaban J connectivity index is 3.58. The summed E-state index contributed by atoms with van der Waals surface area (Å²) in [6.45, 7) is 3.88. The van der Waals surface area contributed by atoms with Gasteiger partial charge in [-0.05, 0) is 141 Å². The van der Waals surface area contributed by atoms with Crippen molar-refractivity contribution in [2.45, 2.75) is 290 Å². The maximum Gasteiger partial charge on any atom is 0.306 e. The maximum atomic E-state index is 12.3. The van der Waals surface area contributed by atoms with Gasteiger partial charge in [0.05, 0.1) is 6.61 Å². The second-order valence-electron chi connectivity index (χ2n) is 22.5. The van der Waals surface area contributed by atoms with Gasteiger partial charge < -0.3 is 14.6 Å². The summed E-state index contributed by atoms with van der Waals surface area (Å²) in [6, 6.07) is 0. The first kappa shape index (κ1) is 80.7. The molecule has 0 heterocycles. The van der Waals surface area contributed by atoms with E-state index in [1.165, 1.54) is 116 Å². The molecule has 0 aliphatic heterocycles. The van der Waals surface area contributed by atoms with Crippen LogP contribution in [-0.2, 0) is 19.1 Å². The number of unbranched alkanes of at least 4 members (excludes halogenated alkanes) is 22. The fourth-order valence-corrected chi connectivity index (χ4v) is 9.24. The fourth-order valence-electron chi connectivity index (χ4n) is 9.24. The first-order chi connectivity index (χ1) is 42.6. The molecule has 0 aliphatic rings. The molecule has 0 fully saturated rings. The molecule has 0 saturated carbocycles. The van der Waals surface area contributed by atoms with Gasteiger partial charge in [-0.1, -0.05) is 324 Å². The Kier molecular flexibility index (Phi) is 69.5. The molecule has 86 heavy (non-hydrogen) atoms. The lowest BCUT2D eigenvalue weighted by Crippen LogP contribution is -2.28. The quantitative estimate of drug-likeness (QED) is 0.0373. The van der Waals surface area contributed by atoms with Crippen LogP contribution in [0.2, 0.25) is 0 Å². The fraction of sp³-hybridized carbons (Fsp3) is 0.580. The highest BCUT2D eigenvalue weighted by molar-refractivity contribution is 5.70. The third kappa shape index (κ3) is 71.2. The molecule has 0 aliphatic carbocycles. The first-order valence-electron chi connectivity index (χ1n) is 35.0. The van der Waals surface area contributed by atoms with Crippen molar-refractivity contribution >= 4 is 11.9 Å². The van der Waals surface area contributed by atoms with Crippen LogP contribution in [0.25, 0.3) is 0 Å². The molecule has 0 aromatic carbocycles. The highest BCUT2D eigenvalue weighted by atomic mass is 16.6. The van der Waals surface area contributed by atoms with Crippen LogP contribution in [-0.4, -0.2) is 36.4 Å². The number of allylic oxidation sites excluding steroid dienone is 32. The van der Waals surface area contributed by atoms with Crippen LogP contribution >= 0.6 is 0 Å². The van der Waals surface area contributed by atoms with Crippen LogP contribution < -0.4 is 0 Å². The molecule has 0 aromatic heterocycles. The molecule has 1 atom stereocenters. The van der Waals surface area contributed by atoms with Gasteiger partial charge in [0.2, 0.25) is 0 Å². The molecule has 0 radical (unpaired) electrons. The Bertz CT molecular complexity index is 1970. The van der Waals surface area contributed by atoms with Gasteiger partial charge in [0, 0.05) is 12.8 Å². The van der Waals surface area contributed by atoms with E-state index in [0.717, 1.165) is 135 Å². The lowest BCUT2D eigenvalue weighted by molar-refractivity contribution is -0.161. The minimum absolute atomic E-state index is 0.0932. The molecule has 0 bridgehead atoms. The van der Waals surface area contributed by atoms with E-state index in [0.29, 0.717) is 12.8 Å². The molecule has 1 N–H and O–H groups in total. The zero-order chi connectivity index (χ0) is 61.9. The zero-order valence-electron chi connectivity index (χ0n) is 55.2. The van der Waals surface area contributed by atoms with Crippen LogP contribution in [0.1, 0.15) is 284 Å². The molecule has 5 nitrogen and oxygen atoms in total. The molecule has 0 rings (SSSR count). The highest BCUT2D eigenvalue weighted by Crippen LogP contribution is 2.16. The Morgan fingerprint density at radius 2 is 0.465 bits per heavy atom. The monoisotopic (exact) mass is 1180 g/mol. The molecule has 0 spiro atoms. The van der Waals surface area contributed by atoms with E-state index in [4.69, 9.17) is 9.47 Å². The average Bonchev–Trinajstić information content (AvgIpc) is 3.55.